The average Bonchev–Trinajstić information content (AvgIpc) is 3.10. The van der Waals surface area contributed by atoms with E-state index in [1.54, 1.807) is 26.6 Å². The number of carbonyl (C=O) groups excluding carboxylic acids is 1. The smallest absolute Gasteiger partial charge is 0.340 e. The lowest BCUT2D eigenvalue weighted by Crippen LogP contribution is -2.09. The van der Waals surface area contributed by atoms with Crippen molar-refractivity contribution in [3.8, 4) is 11.5 Å². The fourth-order valence-electron chi connectivity index (χ4n) is 2.52. The monoisotopic (exact) mass is 326 g/mol. The summed E-state index contributed by atoms with van der Waals surface area (Å²) in [6, 6.07) is 7.47. The Morgan fingerprint density at radius 1 is 1.12 bits per heavy atom. The number of esters is 1. The number of hydrogen-bond acceptors (Lipinski definition) is 5. The summed E-state index contributed by atoms with van der Waals surface area (Å²) in [4.78, 5) is 19.3. The summed E-state index contributed by atoms with van der Waals surface area (Å²) in [7, 11) is 3.18. The molecule has 1 aromatic carbocycles. The Balaban J connectivity index is 1.64. The summed E-state index contributed by atoms with van der Waals surface area (Å²) < 4.78 is 15.8. The van der Waals surface area contributed by atoms with Crippen molar-refractivity contribution in [1.29, 1.82) is 0 Å². The summed E-state index contributed by atoms with van der Waals surface area (Å²) in [5.74, 6) is 0.944. The molecule has 2 aromatic heterocycles. The molecule has 0 aliphatic carbocycles. The van der Waals surface area contributed by atoms with Crippen LogP contribution in [0.5, 0.6) is 11.5 Å². The van der Waals surface area contributed by atoms with Gasteiger partial charge in [-0.2, -0.15) is 0 Å². The molecule has 124 valence electrons. The molecule has 3 rings (SSSR count). The highest BCUT2D eigenvalue weighted by Crippen LogP contribution is 2.27. The summed E-state index contributed by atoms with van der Waals surface area (Å²) in [6.45, 7) is 0.273. The Bertz CT molecular complexity index is 857. The molecule has 24 heavy (non-hydrogen) atoms. The van der Waals surface area contributed by atoms with Crippen LogP contribution >= 0.6 is 0 Å². The number of carbonyl (C=O) groups is 1. The highest BCUT2D eigenvalue weighted by Gasteiger charge is 2.13. The van der Waals surface area contributed by atoms with Crippen LogP contribution in [0.3, 0.4) is 0 Å². The van der Waals surface area contributed by atoms with E-state index in [1.807, 2.05) is 24.3 Å². The van der Waals surface area contributed by atoms with Gasteiger partial charge in [-0.05, 0) is 23.8 Å². The van der Waals surface area contributed by atoms with Crippen LogP contribution in [-0.2, 0) is 11.2 Å². The maximum Gasteiger partial charge on any atom is 0.340 e. The second-order valence-corrected chi connectivity index (χ2v) is 5.20. The van der Waals surface area contributed by atoms with Gasteiger partial charge in [0.25, 0.3) is 0 Å². The predicted molar refractivity (Wildman–Crippen MR) is 89.6 cm³/mol. The topological polar surface area (TPSA) is 73.4 Å². The molecule has 0 radical (unpaired) electrons. The van der Waals surface area contributed by atoms with Crippen LogP contribution in [0, 0.1) is 0 Å². The Morgan fingerprint density at radius 3 is 2.75 bits per heavy atom. The van der Waals surface area contributed by atoms with Gasteiger partial charge < -0.3 is 19.2 Å². The quantitative estimate of drug-likeness (QED) is 0.705. The van der Waals surface area contributed by atoms with Crippen LogP contribution in [0.2, 0.25) is 0 Å². The number of hydrogen-bond donors (Lipinski definition) is 1. The van der Waals surface area contributed by atoms with Crippen molar-refractivity contribution >= 4 is 16.9 Å². The number of H-pyrrole nitrogens is 1. The molecule has 0 aliphatic heterocycles. The molecule has 0 atom stereocenters. The first-order valence-electron chi connectivity index (χ1n) is 7.52. The molecule has 0 saturated heterocycles. The number of pyridine rings is 1. The summed E-state index contributed by atoms with van der Waals surface area (Å²) in [5.41, 5.74) is 2.27. The lowest BCUT2D eigenvalue weighted by Gasteiger charge is -2.10. The molecule has 0 unspecified atom stereocenters. The first kappa shape index (κ1) is 15.9. The van der Waals surface area contributed by atoms with Crippen LogP contribution in [0.1, 0.15) is 15.9 Å². The third-order valence-corrected chi connectivity index (χ3v) is 3.77. The number of aromatic nitrogens is 2. The summed E-state index contributed by atoms with van der Waals surface area (Å²) in [5, 5.41) is 0.807. The first-order chi connectivity index (χ1) is 11.7. The molecule has 2 heterocycles. The van der Waals surface area contributed by atoms with Crippen molar-refractivity contribution in [3.63, 3.8) is 0 Å². The molecule has 0 spiro atoms. The summed E-state index contributed by atoms with van der Waals surface area (Å²) >= 11 is 0. The number of methoxy groups -OCH3 is 2. The van der Waals surface area contributed by atoms with E-state index in [1.165, 1.54) is 6.20 Å². The zero-order valence-electron chi connectivity index (χ0n) is 13.5. The fourth-order valence-corrected chi connectivity index (χ4v) is 2.52. The Kier molecular flexibility index (Phi) is 4.65. The van der Waals surface area contributed by atoms with Gasteiger partial charge in [0.05, 0.1) is 38.1 Å². The predicted octanol–water partition coefficient (Wildman–Crippen LogP) is 2.98. The minimum atomic E-state index is -0.381. The van der Waals surface area contributed by atoms with Crippen LogP contribution in [0.15, 0.2) is 42.9 Å². The van der Waals surface area contributed by atoms with Crippen LogP contribution < -0.4 is 9.47 Å². The minimum absolute atomic E-state index is 0.273. The van der Waals surface area contributed by atoms with Gasteiger partial charge in [0.1, 0.15) is 0 Å². The molecule has 0 bridgehead atoms. The number of aromatic amines is 1. The van der Waals surface area contributed by atoms with E-state index in [0.29, 0.717) is 23.5 Å². The third-order valence-electron chi connectivity index (χ3n) is 3.77. The fraction of sp³-hybridized carbons (Fsp3) is 0.222. The van der Waals surface area contributed by atoms with Gasteiger partial charge in [0.15, 0.2) is 11.5 Å². The number of nitrogens with one attached hydrogen (secondary N) is 1. The molecule has 1 N–H and O–H groups in total. The number of fused-ring (bicyclic) bond motifs is 1. The van der Waals surface area contributed by atoms with Crippen molar-refractivity contribution in [1.82, 2.24) is 9.97 Å². The molecule has 3 aromatic rings. The maximum absolute atomic E-state index is 12.2. The van der Waals surface area contributed by atoms with Crippen molar-refractivity contribution < 1.29 is 19.0 Å². The van der Waals surface area contributed by atoms with E-state index in [4.69, 9.17) is 14.2 Å². The number of nitrogens with zero attached hydrogens (tertiary/aromatic N) is 1. The van der Waals surface area contributed by atoms with E-state index in [2.05, 4.69) is 9.97 Å². The number of rotatable bonds is 6. The van der Waals surface area contributed by atoms with Crippen molar-refractivity contribution in [2.24, 2.45) is 0 Å². The minimum Gasteiger partial charge on any atom is -0.493 e. The zero-order chi connectivity index (χ0) is 16.9. The SMILES string of the molecule is COc1ccc(CCOC(=O)c2cncc3[nH]ccc23)cc1OC. The van der Waals surface area contributed by atoms with Crippen LogP contribution in [0.25, 0.3) is 10.9 Å². The van der Waals surface area contributed by atoms with Crippen LogP contribution in [-0.4, -0.2) is 36.8 Å². The summed E-state index contributed by atoms with van der Waals surface area (Å²) in [6.07, 6.45) is 5.56. The molecule has 0 amide bonds. The van der Waals surface area contributed by atoms with Gasteiger partial charge in [-0.1, -0.05) is 6.07 Å². The van der Waals surface area contributed by atoms with E-state index in [9.17, 15) is 4.79 Å². The van der Waals surface area contributed by atoms with E-state index in [-0.39, 0.29) is 12.6 Å². The lowest BCUT2D eigenvalue weighted by molar-refractivity contribution is 0.0511. The molecule has 0 fully saturated rings. The first-order valence-corrected chi connectivity index (χ1v) is 7.52. The van der Waals surface area contributed by atoms with Gasteiger partial charge in [0, 0.05) is 24.2 Å². The van der Waals surface area contributed by atoms with Gasteiger partial charge in [-0.3, -0.25) is 4.98 Å². The average molecular weight is 326 g/mol. The second kappa shape index (κ2) is 7.04. The van der Waals surface area contributed by atoms with Gasteiger partial charge >= 0.3 is 5.97 Å². The maximum atomic E-state index is 12.2. The Labute approximate surface area is 139 Å². The molecular weight excluding hydrogens is 308 g/mol. The normalized spacial score (nSPS) is 10.6. The largest absolute Gasteiger partial charge is 0.493 e. The molecular formula is C18H18N2O4. The molecule has 6 heteroatoms. The highest BCUT2D eigenvalue weighted by atomic mass is 16.5. The van der Waals surface area contributed by atoms with E-state index < -0.39 is 0 Å². The van der Waals surface area contributed by atoms with Gasteiger partial charge in [-0.15, -0.1) is 0 Å². The number of ether oxygens (including phenoxy) is 3. The van der Waals surface area contributed by atoms with Gasteiger partial charge in [0.2, 0.25) is 0 Å². The van der Waals surface area contributed by atoms with Crippen molar-refractivity contribution in [3.05, 3.63) is 54.0 Å². The van der Waals surface area contributed by atoms with E-state index in [0.717, 1.165) is 16.5 Å². The lowest BCUT2D eigenvalue weighted by atomic mass is 10.1. The second-order valence-electron chi connectivity index (χ2n) is 5.20. The number of benzene rings is 1. The zero-order valence-corrected chi connectivity index (χ0v) is 13.5. The van der Waals surface area contributed by atoms with Crippen molar-refractivity contribution in [2.75, 3.05) is 20.8 Å². The Morgan fingerprint density at radius 2 is 1.96 bits per heavy atom. The van der Waals surface area contributed by atoms with Gasteiger partial charge in [-0.25, -0.2) is 4.79 Å². The van der Waals surface area contributed by atoms with Crippen LogP contribution in [0.4, 0.5) is 0 Å². The van der Waals surface area contributed by atoms with Crippen molar-refractivity contribution in [2.45, 2.75) is 6.42 Å². The molecule has 0 aliphatic rings. The Hall–Kier alpha value is -3.02. The molecule has 0 saturated carbocycles. The highest BCUT2D eigenvalue weighted by molar-refractivity contribution is 6.03. The molecule has 6 nitrogen and oxygen atoms in total. The third kappa shape index (κ3) is 3.17. The van der Waals surface area contributed by atoms with E-state index >= 15 is 0 Å². The standard InChI is InChI=1S/C18H18N2O4/c1-22-16-4-3-12(9-17(16)23-2)6-8-24-18(21)14-10-19-11-15-13(14)5-7-20-15/h3-5,7,9-11,20H,6,8H2,1-2H3.